The van der Waals surface area contributed by atoms with Crippen LogP contribution in [0.2, 0.25) is 0 Å². The van der Waals surface area contributed by atoms with E-state index in [4.69, 9.17) is 9.97 Å². The standard InChI is InChI=1S/C45H33N3S/c46-29-30-17-19-31(20-18-30)34-25-35(27-36(26-34)44-47-40-15-7-5-13-37(40)43(48-44)32-11-3-1-4-12-32)33-21-22-42-39(28-33)45(23-9-2-10-24-45)38-14-6-8-16-41(38)49-42/h1,3-8,11-22,25-28H,2,9-10,23-24H2. The van der Waals surface area contributed by atoms with Crippen LogP contribution in [0.25, 0.3) is 55.8 Å². The van der Waals surface area contributed by atoms with Gasteiger partial charge in [0.1, 0.15) is 0 Å². The quantitative estimate of drug-likeness (QED) is 0.191. The van der Waals surface area contributed by atoms with Crippen LogP contribution in [0.1, 0.15) is 48.8 Å². The molecule has 6 aromatic carbocycles. The average molecular weight is 648 g/mol. The van der Waals surface area contributed by atoms with Crippen molar-refractivity contribution in [1.82, 2.24) is 9.97 Å². The number of para-hydroxylation sites is 1. The summed E-state index contributed by atoms with van der Waals surface area (Å²) >= 11 is 1.91. The summed E-state index contributed by atoms with van der Waals surface area (Å²) in [6.07, 6.45) is 6.18. The van der Waals surface area contributed by atoms with Crippen LogP contribution in [0.4, 0.5) is 0 Å². The minimum Gasteiger partial charge on any atom is -0.228 e. The lowest BCUT2D eigenvalue weighted by Crippen LogP contribution is -2.33. The Labute approximate surface area is 291 Å². The average Bonchev–Trinajstić information content (AvgIpc) is 3.18. The van der Waals surface area contributed by atoms with Crippen molar-refractivity contribution < 1.29 is 0 Å². The van der Waals surface area contributed by atoms with E-state index < -0.39 is 0 Å². The lowest BCUT2D eigenvalue weighted by Gasteiger charge is -2.43. The molecule has 7 aromatic rings. The summed E-state index contributed by atoms with van der Waals surface area (Å²) in [6.45, 7) is 0. The summed E-state index contributed by atoms with van der Waals surface area (Å²) in [5.41, 5.74) is 12.0. The molecule has 0 saturated heterocycles. The molecule has 234 valence electrons. The first-order chi connectivity index (χ1) is 24.2. The Kier molecular flexibility index (Phi) is 7.37. The van der Waals surface area contributed by atoms with Gasteiger partial charge >= 0.3 is 0 Å². The van der Waals surface area contributed by atoms with E-state index in [0.29, 0.717) is 11.4 Å². The first-order valence-electron chi connectivity index (χ1n) is 17.1. The second kappa shape index (κ2) is 12.2. The predicted octanol–water partition coefficient (Wildman–Crippen LogP) is 11.9. The predicted molar refractivity (Wildman–Crippen MR) is 200 cm³/mol. The Morgan fingerprint density at radius 2 is 1.20 bits per heavy atom. The molecular weight excluding hydrogens is 615 g/mol. The third-order valence-electron chi connectivity index (χ3n) is 10.3. The number of hydrogen-bond donors (Lipinski definition) is 0. The van der Waals surface area contributed by atoms with Crippen LogP contribution < -0.4 is 0 Å². The largest absolute Gasteiger partial charge is 0.228 e. The lowest BCUT2D eigenvalue weighted by molar-refractivity contribution is 0.335. The zero-order valence-corrected chi connectivity index (χ0v) is 27.9. The molecule has 0 radical (unpaired) electrons. The Morgan fingerprint density at radius 3 is 2.02 bits per heavy atom. The monoisotopic (exact) mass is 647 g/mol. The molecule has 1 aliphatic heterocycles. The molecule has 1 spiro atoms. The van der Waals surface area contributed by atoms with E-state index in [1.54, 1.807) is 0 Å². The van der Waals surface area contributed by atoms with Crippen LogP contribution in [-0.2, 0) is 5.41 Å². The number of aromatic nitrogens is 2. The molecule has 2 aliphatic rings. The maximum absolute atomic E-state index is 9.49. The molecule has 1 saturated carbocycles. The fourth-order valence-corrected chi connectivity index (χ4v) is 9.19. The van der Waals surface area contributed by atoms with E-state index in [2.05, 4.69) is 103 Å². The molecule has 4 heteroatoms. The van der Waals surface area contributed by atoms with Gasteiger partial charge in [-0.25, -0.2) is 9.97 Å². The maximum Gasteiger partial charge on any atom is 0.160 e. The summed E-state index contributed by atoms with van der Waals surface area (Å²) in [4.78, 5) is 13.2. The molecule has 0 atom stereocenters. The number of fused-ring (bicyclic) bond motifs is 5. The van der Waals surface area contributed by atoms with Crippen molar-refractivity contribution in [2.75, 3.05) is 0 Å². The van der Waals surface area contributed by atoms with E-state index in [0.717, 1.165) is 44.4 Å². The molecule has 0 N–H and O–H groups in total. The van der Waals surface area contributed by atoms with Gasteiger partial charge in [-0.2, -0.15) is 5.26 Å². The molecule has 1 aliphatic carbocycles. The van der Waals surface area contributed by atoms with Crippen LogP contribution in [0, 0.1) is 11.3 Å². The van der Waals surface area contributed by atoms with Crippen LogP contribution in [-0.4, -0.2) is 9.97 Å². The number of nitrogens with zero attached hydrogens (tertiary/aromatic N) is 3. The second-order valence-corrected chi connectivity index (χ2v) is 14.3. The highest BCUT2D eigenvalue weighted by Gasteiger charge is 2.41. The highest BCUT2D eigenvalue weighted by atomic mass is 32.2. The Bertz CT molecular complexity index is 2400. The van der Waals surface area contributed by atoms with Crippen LogP contribution in [0.15, 0.2) is 149 Å². The minimum absolute atomic E-state index is 0.0467. The van der Waals surface area contributed by atoms with Gasteiger partial charge < -0.3 is 0 Å². The zero-order valence-electron chi connectivity index (χ0n) is 27.1. The van der Waals surface area contributed by atoms with Gasteiger partial charge in [0.25, 0.3) is 0 Å². The summed E-state index contributed by atoms with van der Waals surface area (Å²) < 4.78 is 0. The van der Waals surface area contributed by atoms with Crippen molar-refractivity contribution in [2.45, 2.75) is 47.3 Å². The van der Waals surface area contributed by atoms with Crippen molar-refractivity contribution in [1.29, 1.82) is 5.26 Å². The third kappa shape index (κ3) is 5.23. The van der Waals surface area contributed by atoms with E-state index in [1.165, 1.54) is 58.6 Å². The fourth-order valence-electron chi connectivity index (χ4n) is 7.93. The highest BCUT2D eigenvalue weighted by Crippen LogP contribution is 2.56. The van der Waals surface area contributed by atoms with E-state index in [-0.39, 0.29) is 5.41 Å². The minimum atomic E-state index is 0.0467. The molecule has 0 amide bonds. The number of hydrogen-bond acceptors (Lipinski definition) is 4. The van der Waals surface area contributed by atoms with Gasteiger partial charge in [0.15, 0.2) is 5.82 Å². The SMILES string of the molecule is N#Cc1ccc(-c2cc(-c3ccc4c(c3)C3(CCCCC3)c3ccccc3S4)cc(-c3nc(-c4ccccc4)c4ccccc4n3)c2)cc1. The van der Waals surface area contributed by atoms with Gasteiger partial charge in [0.2, 0.25) is 0 Å². The van der Waals surface area contributed by atoms with Crippen LogP contribution in [0.3, 0.4) is 0 Å². The molecular formula is C45H33N3S. The molecule has 9 rings (SSSR count). The second-order valence-electron chi connectivity index (χ2n) is 13.2. The Balaban J connectivity index is 1.25. The number of benzene rings is 6. The fraction of sp³-hybridized carbons (Fsp3) is 0.133. The van der Waals surface area contributed by atoms with Crippen molar-refractivity contribution in [2.24, 2.45) is 0 Å². The summed E-state index contributed by atoms with van der Waals surface area (Å²) in [5, 5.41) is 10.5. The molecule has 1 fully saturated rings. The Hall–Kier alpha value is -5.50. The Morgan fingerprint density at radius 1 is 0.531 bits per heavy atom. The first kappa shape index (κ1) is 29.6. The topological polar surface area (TPSA) is 49.6 Å². The maximum atomic E-state index is 9.49. The van der Waals surface area contributed by atoms with Crippen molar-refractivity contribution in [3.63, 3.8) is 0 Å². The highest BCUT2D eigenvalue weighted by molar-refractivity contribution is 7.99. The van der Waals surface area contributed by atoms with Gasteiger partial charge in [-0.05, 0) is 101 Å². The van der Waals surface area contributed by atoms with Gasteiger partial charge in [-0.3, -0.25) is 0 Å². The van der Waals surface area contributed by atoms with Gasteiger partial charge in [0.05, 0.1) is 22.8 Å². The van der Waals surface area contributed by atoms with Gasteiger partial charge in [-0.15, -0.1) is 0 Å². The van der Waals surface area contributed by atoms with Crippen molar-refractivity contribution in [3.8, 4) is 51.0 Å². The summed E-state index contributed by atoms with van der Waals surface area (Å²) in [7, 11) is 0. The van der Waals surface area contributed by atoms with Crippen LogP contribution in [0.5, 0.6) is 0 Å². The first-order valence-corrected chi connectivity index (χ1v) is 17.9. The smallest absolute Gasteiger partial charge is 0.160 e. The van der Waals surface area contributed by atoms with E-state index >= 15 is 0 Å². The molecule has 0 unspecified atom stereocenters. The van der Waals surface area contributed by atoms with Gasteiger partial charge in [0, 0.05) is 31.7 Å². The van der Waals surface area contributed by atoms with Crippen molar-refractivity contribution in [3.05, 3.63) is 156 Å². The third-order valence-corrected chi connectivity index (χ3v) is 11.5. The van der Waals surface area contributed by atoms with E-state index in [9.17, 15) is 5.26 Å². The molecule has 0 bridgehead atoms. The lowest BCUT2D eigenvalue weighted by atomic mass is 9.64. The summed E-state index contributed by atoms with van der Waals surface area (Å²) in [6, 6.07) is 51.6. The van der Waals surface area contributed by atoms with E-state index in [1.807, 2.05) is 54.2 Å². The van der Waals surface area contributed by atoms with Crippen molar-refractivity contribution >= 4 is 22.7 Å². The zero-order chi connectivity index (χ0) is 32.8. The number of nitriles is 1. The molecule has 1 aromatic heterocycles. The summed E-state index contributed by atoms with van der Waals surface area (Å²) in [5.74, 6) is 0.695. The van der Waals surface area contributed by atoms with Crippen LogP contribution >= 0.6 is 11.8 Å². The number of rotatable bonds is 4. The normalized spacial score (nSPS) is 14.6. The molecule has 2 heterocycles. The molecule has 3 nitrogen and oxygen atoms in total. The molecule has 49 heavy (non-hydrogen) atoms. The van der Waals surface area contributed by atoms with Gasteiger partial charge in [-0.1, -0.05) is 116 Å².